The molecule has 1 rings (SSSR count). The highest BCUT2D eigenvalue weighted by molar-refractivity contribution is 5.84. The second-order valence-electron chi connectivity index (χ2n) is 3.77. The number of rotatable bonds is 5. The molecule has 1 unspecified atom stereocenters. The Bertz CT molecular complexity index is 156. The summed E-state index contributed by atoms with van der Waals surface area (Å²) in [5.41, 5.74) is 0. The Morgan fingerprint density at radius 3 is 2.67 bits per heavy atom. The Kier molecular flexibility index (Phi) is 3.57. The first-order valence-corrected chi connectivity index (χ1v) is 5.00. The Labute approximate surface area is 74.9 Å². The first-order chi connectivity index (χ1) is 5.75. The monoisotopic (exact) mass is 169 g/mol. The third-order valence-corrected chi connectivity index (χ3v) is 2.63. The van der Waals surface area contributed by atoms with E-state index in [2.05, 4.69) is 6.92 Å². The molecule has 1 fully saturated rings. The van der Waals surface area contributed by atoms with Crippen LogP contribution in [0, 0.1) is 5.92 Å². The van der Waals surface area contributed by atoms with E-state index in [1.807, 2.05) is 11.9 Å². The van der Waals surface area contributed by atoms with Crippen LogP contribution in [0.3, 0.4) is 0 Å². The number of likely N-dealkylation sites (tertiary alicyclic amines) is 1. The number of nitrogens with zero attached hydrogens (tertiary/aromatic N) is 1. The van der Waals surface area contributed by atoms with Gasteiger partial charge in [-0.25, -0.2) is 0 Å². The van der Waals surface area contributed by atoms with Crippen LogP contribution in [0.15, 0.2) is 0 Å². The first kappa shape index (κ1) is 9.56. The fraction of sp³-hybridized carbons (Fsp3) is 0.900. The van der Waals surface area contributed by atoms with Crippen LogP contribution < -0.4 is 0 Å². The average Bonchev–Trinajstić information content (AvgIpc) is 2.10. The van der Waals surface area contributed by atoms with Crippen LogP contribution in [0.4, 0.5) is 0 Å². The Balaban J connectivity index is 1.98. The van der Waals surface area contributed by atoms with Gasteiger partial charge in [-0.2, -0.15) is 0 Å². The average molecular weight is 169 g/mol. The lowest BCUT2D eigenvalue weighted by Crippen LogP contribution is -2.49. The number of hydrogen-bond acceptors (Lipinski definition) is 1. The molecular formula is C10H19NO. The van der Waals surface area contributed by atoms with Crippen molar-refractivity contribution >= 4 is 5.91 Å². The fourth-order valence-electron chi connectivity index (χ4n) is 1.73. The Hall–Kier alpha value is -0.530. The Morgan fingerprint density at radius 1 is 1.42 bits per heavy atom. The van der Waals surface area contributed by atoms with Crippen LogP contribution in [-0.2, 0) is 4.79 Å². The minimum atomic E-state index is 0.353. The summed E-state index contributed by atoms with van der Waals surface area (Å²) < 4.78 is 0. The van der Waals surface area contributed by atoms with Gasteiger partial charge in [0.05, 0.1) is 5.92 Å². The molecule has 0 aliphatic carbocycles. The van der Waals surface area contributed by atoms with Gasteiger partial charge in [0.1, 0.15) is 0 Å². The summed E-state index contributed by atoms with van der Waals surface area (Å²) in [5.74, 6) is 0.721. The van der Waals surface area contributed by atoms with Crippen molar-refractivity contribution in [1.29, 1.82) is 0 Å². The number of carbonyl (C=O) groups excluding carboxylic acids is 1. The summed E-state index contributed by atoms with van der Waals surface area (Å²) in [6.45, 7) is 3.20. The highest BCUT2D eigenvalue weighted by Gasteiger charge is 2.32. The molecule has 1 atom stereocenters. The summed E-state index contributed by atoms with van der Waals surface area (Å²) in [6, 6.07) is 0. The molecule has 2 heteroatoms. The first-order valence-electron chi connectivity index (χ1n) is 5.00. The summed E-state index contributed by atoms with van der Waals surface area (Å²) in [6.07, 6.45) is 6.24. The minimum Gasteiger partial charge on any atom is -0.345 e. The molecule has 0 saturated carbocycles. The number of carbonyl (C=O) groups is 1. The van der Waals surface area contributed by atoms with Gasteiger partial charge in [0, 0.05) is 13.6 Å². The summed E-state index contributed by atoms with van der Waals surface area (Å²) in [4.78, 5) is 13.0. The SMILES string of the molecule is CCCCCCC1CN(C)C1=O. The zero-order valence-corrected chi connectivity index (χ0v) is 8.18. The van der Waals surface area contributed by atoms with E-state index < -0.39 is 0 Å². The molecule has 1 heterocycles. The quantitative estimate of drug-likeness (QED) is 0.455. The standard InChI is InChI=1S/C10H19NO/c1-3-4-5-6-7-9-8-11(2)10(9)12/h9H,3-8H2,1-2H3. The van der Waals surface area contributed by atoms with E-state index >= 15 is 0 Å². The lowest BCUT2D eigenvalue weighted by Gasteiger charge is -2.35. The van der Waals surface area contributed by atoms with Crippen LogP contribution in [0.2, 0.25) is 0 Å². The number of hydrogen-bond donors (Lipinski definition) is 0. The van der Waals surface area contributed by atoms with Crippen LogP contribution in [0.1, 0.15) is 39.0 Å². The second-order valence-corrected chi connectivity index (χ2v) is 3.77. The van der Waals surface area contributed by atoms with Crippen molar-refractivity contribution in [2.75, 3.05) is 13.6 Å². The van der Waals surface area contributed by atoms with Gasteiger partial charge in [0.25, 0.3) is 0 Å². The summed E-state index contributed by atoms with van der Waals surface area (Å²) >= 11 is 0. The predicted molar refractivity (Wildman–Crippen MR) is 49.9 cm³/mol. The molecule has 0 aromatic rings. The van der Waals surface area contributed by atoms with Crippen molar-refractivity contribution < 1.29 is 4.79 Å². The van der Waals surface area contributed by atoms with Gasteiger partial charge < -0.3 is 4.90 Å². The third-order valence-electron chi connectivity index (χ3n) is 2.63. The van der Waals surface area contributed by atoms with E-state index in [1.165, 1.54) is 25.7 Å². The molecule has 0 bridgehead atoms. The zero-order chi connectivity index (χ0) is 8.97. The van der Waals surface area contributed by atoms with E-state index in [0.29, 0.717) is 11.8 Å². The topological polar surface area (TPSA) is 20.3 Å². The molecule has 1 amide bonds. The molecule has 0 N–H and O–H groups in total. The highest BCUT2D eigenvalue weighted by atomic mass is 16.2. The van der Waals surface area contributed by atoms with Crippen LogP contribution in [0.25, 0.3) is 0 Å². The number of amides is 1. The zero-order valence-electron chi connectivity index (χ0n) is 8.18. The normalized spacial score (nSPS) is 22.7. The van der Waals surface area contributed by atoms with Gasteiger partial charge in [-0.3, -0.25) is 4.79 Å². The maximum absolute atomic E-state index is 11.2. The molecule has 0 aromatic heterocycles. The Morgan fingerprint density at radius 2 is 2.17 bits per heavy atom. The molecule has 70 valence electrons. The second kappa shape index (κ2) is 4.48. The van der Waals surface area contributed by atoms with Crippen molar-refractivity contribution in [1.82, 2.24) is 4.90 Å². The molecule has 0 spiro atoms. The smallest absolute Gasteiger partial charge is 0.227 e. The van der Waals surface area contributed by atoms with Crippen molar-refractivity contribution in [3.8, 4) is 0 Å². The van der Waals surface area contributed by atoms with E-state index in [4.69, 9.17) is 0 Å². The lowest BCUT2D eigenvalue weighted by atomic mass is 9.93. The lowest BCUT2D eigenvalue weighted by molar-refractivity contribution is -0.145. The predicted octanol–water partition coefficient (Wildman–Crippen LogP) is 2.04. The van der Waals surface area contributed by atoms with Crippen molar-refractivity contribution in [2.45, 2.75) is 39.0 Å². The summed E-state index contributed by atoms with van der Waals surface area (Å²) in [5, 5.41) is 0. The number of β-lactam (4-membered cyclic amide) rings is 1. The van der Waals surface area contributed by atoms with E-state index in [-0.39, 0.29) is 0 Å². The molecule has 1 saturated heterocycles. The van der Waals surface area contributed by atoms with E-state index in [1.54, 1.807) is 0 Å². The molecule has 1 aliphatic heterocycles. The van der Waals surface area contributed by atoms with Crippen molar-refractivity contribution in [2.24, 2.45) is 5.92 Å². The molecular weight excluding hydrogens is 150 g/mol. The van der Waals surface area contributed by atoms with Gasteiger partial charge in [0.15, 0.2) is 0 Å². The van der Waals surface area contributed by atoms with Crippen molar-refractivity contribution in [3.05, 3.63) is 0 Å². The number of unbranched alkanes of at least 4 members (excludes halogenated alkanes) is 3. The van der Waals surface area contributed by atoms with Gasteiger partial charge in [-0.1, -0.05) is 32.6 Å². The van der Waals surface area contributed by atoms with Gasteiger partial charge in [0.2, 0.25) is 5.91 Å². The molecule has 1 aliphatic rings. The van der Waals surface area contributed by atoms with E-state index in [9.17, 15) is 4.79 Å². The van der Waals surface area contributed by atoms with Gasteiger partial charge in [-0.15, -0.1) is 0 Å². The summed E-state index contributed by atoms with van der Waals surface area (Å²) in [7, 11) is 1.88. The van der Waals surface area contributed by atoms with Crippen LogP contribution >= 0.6 is 0 Å². The van der Waals surface area contributed by atoms with Crippen LogP contribution in [-0.4, -0.2) is 24.4 Å². The van der Waals surface area contributed by atoms with Gasteiger partial charge in [-0.05, 0) is 6.42 Å². The minimum absolute atomic E-state index is 0.353. The van der Waals surface area contributed by atoms with Crippen molar-refractivity contribution in [3.63, 3.8) is 0 Å². The molecule has 2 nitrogen and oxygen atoms in total. The molecule has 0 radical (unpaired) electrons. The molecule has 0 aromatic carbocycles. The maximum atomic E-state index is 11.2. The highest BCUT2D eigenvalue weighted by Crippen LogP contribution is 2.21. The van der Waals surface area contributed by atoms with Gasteiger partial charge >= 0.3 is 0 Å². The third kappa shape index (κ3) is 2.23. The molecule has 12 heavy (non-hydrogen) atoms. The van der Waals surface area contributed by atoms with E-state index in [0.717, 1.165) is 13.0 Å². The fourth-order valence-corrected chi connectivity index (χ4v) is 1.73. The van der Waals surface area contributed by atoms with Crippen LogP contribution in [0.5, 0.6) is 0 Å². The largest absolute Gasteiger partial charge is 0.345 e. The maximum Gasteiger partial charge on any atom is 0.227 e.